The Balaban J connectivity index is 1.41. The zero-order valence-electron chi connectivity index (χ0n) is 25.4. The molecule has 2 N–H and O–H groups in total. The van der Waals surface area contributed by atoms with Gasteiger partial charge in [-0.1, -0.05) is 42.6 Å². The van der Waals surface area contributed by atoms with E-state index in [0.29, 0.717) is 24.7 Å². The highest BCUT2D eigenvalue weighted by molar-refractivity contribution is 7.86. The molecule has 3 fully saturated rings. The fraction of sp³-hybridized carbons (Fsp3) is 0.613. The Bertz CT molecular complexity index is 1410. The molecular weight excluding hydrogens is 601 g/mol. The number of nitrogens with one attached hydrogen (secondary N) is 2. The van der Waals surface area contributed by atoms with Crippen LogP contribution in [-0.4, -0.2) is 88.5 Å². The third kappa shape index (κ3) is 7.71. The number of nitrogens with zero attached hydrogens (tertiary/aromatic N) is 1. The average Bonchev–Trinajstić information content (AvgIpc) is 3.29. The Morgan fingerprint density at radius 2 is 1.73 bits per heavy atom. The molecule has 5 atom stereocenters. The predicted octanol–water partition coefficient (Wildman–Crippen LogP) is 1.76. The largest absolute Gasteiger partial charge is 0.467 e. The Hall–Kier alpha value is -3.39. The van der Waals surface area contributed by atoms with E-state index in [-0.39, 0.29) is 29.9 Å². The van der Waals surface area contributed by atoms with E-state index >= 15 is 0 Å². The number of rotatable bonds is 6. The van der Waals surface area contributed by atoms with Crippen molar-refractivity contribution in [1.29, 1.82) is 0 Å². The van der Waals surface area contributed by atoms with Crippen molar-refractivity contribution in [3.8, 4) is 0 Å². The summed E-state index contributed by atoms with van der Waals surface area (Å²) in [4.78, 5) is 54.8. The summed E-state index contributed by atoms with van der Waals surface area (Å²) in [5.41, 5.74) is -0.907. The molecule has 0 spiro atoms. The second-order valence-corrected chi connectivity index (χ2v) is 13.9. The van der Waals surface area contributed by atoms with Crippen LogP contribution >= 0.6 is 0 Å². The van der Waals surface area contributed by atoms with Gasteiger partial charge in [0.25, 0.3) is 10.1 Å². The molecule has 45 heavy (non-hydrogen) atoms. The first-order valence-electron chi connectivity index (χ1n) is 15.7. The molecule has 5 rings (SSSR count). The van der Waals surface area contributed by atoms with Crippen molar-refractivity contribution in [3.05, 3.63) is 36.4 Å². The Kier molecular flexibility index (Phi) is 10.2. The molecule has 4 aliphatic rings. The van der Waals surface area contributed by atoms with Crippen LogP contribution in [0.5, 0.6) is 0 Å². The number of ether oxygens (including phenoxy) is 2. The van der Waals surface area contributed by atoms with Crippen molar-refractivity contribution >= 4 is 47.3 Å². The zero-order valence-corrected chi connectivity index (χ0v) is 26.3. The predicted molar refractivity (Wildman–Crippen MR) is 163 cm³/mol. The molecule has 1 aromatic carbocycles. The summed E-state index contributed by atoms with van der Waals surface area (Å²) >= 11 is 0. The van der Waals surface area contributed by atoms with Crippen molar-refractivity contribution in [3.63, 3.8) is 0 Å². The van der Waals surface area contributed by atoms with Gasteiger partial charge in [-0.3, -0.25) is 13.8 Å². The first kappa shape index (κ1) is 33.0. The first-order chi connectivity index (χ1) is 21.5. The molecule has 1 aromatic rings. The van der Waals surface area contributed by atoms with Gasteiger partial charge in [-0.25, -0.2) is 9.59 Å². The minimum Gasteiger partial charge on any atom is -0.467 e. The normalized spacial score (nSPS) is 30.2. The minimum absolute atomic E-state index is 0.122. The van der Waals surface area contributed by atoms with Crippen LogP contribution < -0.4 is 16.1 Å². The summed E-state index contributed by atoms with van der Waals surface area (Å²) in [6.45, 7) is -0.227. The molecule has 14 heteroatoms. The van der Waals surface area contributed by atoms with E-state index in [1.807, 2.05) is 12.2 Å². The lowest BCUT2D eigenvalue weighted by molar-refractivity contribution is -0.148. The van der Waals surface area contributed by atoms with E-state index in [1.54, 1.807) is 0 Å². The van der Waals surface area contributed by atoms with E-state index in [0.717, 1.165) is 44.9 Å². The van der Waals surface area contributed by atoms with E-state index in [2.05, 4.69) is 10.6 Å². The maximum Gasteiger partial charge on any atom is 0.408 e. The number of carbonyl (C=O) groups excluding carboxylic acids is 4. The molecule has 0 bridgehead atoms. The van der Waals surface area contributed by atoms with E-state index < -0.39 is 57.7 Å². The van der Waals surface area contributed by atoms with Gasteiger partial charge in [0.2, 0.25) is 11.8 Å². The lowest BCUT2D eigenvalue weighted by Gasteiger charge is -2.29. The number of hydrogen-bond donors (Lipinski definition) is 2. The summed E-state index contributed by atoms with van der Waals surface area (Å²) in [7, 11) is 2.67. The highest BCUT2D eigenvalue weighted by Gasteiger charge is 2.62. The molecular formula is C31H40BN3O9S. The topological polar surface area (TPSA) is 157 Å². The van der Waals surface area contributed by atoms with E-state index in [1.165, 1.54) is 36.3 Å². The second kappa shape index (κ2) is 13.9. The lowest BCUT2D eigenvalue weighted by atomic mass is 9.97. The van der Waals surface area contributed by atoms with Crippen LogP contribution in [0.15, 0.2) is 41.3 Å². The molecule has 12 nitrogen and oxygen atoms in total. The SMILES string of the molecule is [B]c1ccc(S(=O)(=O)O[C@H]2C[C@H]3C(=O)N[C@]4(C(=O)OC)C[C@H]4/C=C\CCCCC[C@H](NC(=O)OC4CCCC4)C(=O)N3C2)cc1. The van der Waals surface area contributed by atoms with Crippen molar-refractivity contribution < 1.29 is 41.3 Å². The maximum absolute atomic E-state index is 14.1. The molecule has 0 unspecified atom stereocenters. The highest BCUT2D eigenvalue weighted by Crippen LogP contribution is 2.46. The van der Waals surface area contributed by atoms with Gasteiger partial charge in [-0.2, -0.15) is 8.42 Å². The van der Waals surface area contributed by atoms with Crippen LogP contribution in [0.4, 0.5) is 4.79 Å². The van der Waals surface area contributed by atoms with Crippen molar-refractivity contribution in [2.75, 3.05) is 13.7 Å². The van der Waals surface area contributed by atoms with Gasteiger partial charge in [0, 0.05) is 18.9 Å². The monoisotopic (exact) mass is 641 g/mol. The third-order valence-electron chi connectivity index (χ3n) is 9.09. The van der Waals surface area contributed by atoms with Crippen molar-refractivity contribution in [2.45, 2.75) is 105 Å². The quantitative estimate of drug-likeness (QED) is 0.205. The van der Waals surface area contributed by atoms with Gasteiger partial charge in [-0.05, 0) is 63.5 Å². The van der Waals surface area contributed by atoms with E-state index in [9.17, 15) is 27.6 Å². The molecule has 2 aliphatic heterocycles. The van der Waals surface area contributed by atoms with Gasteiger partial charge < -0.3 is 25.0 Å². The molecule has 3 amide bonds. The molecule has 242 valence electrons. The standard InChI is InChI=1S/C31H40BN3O9S/c1-42-29(38)31-18-20(31)9-5-3-2-4-6-12-25(33-30(39)43-22-10-7-8-11-22)28(37)35-19-23(17-26(35)27(36)34-31)44-45(40,41)24-15-13-21(32)14-16-24/h5,9,13-16,20,22-23,25-26H,2-4,6-8,10-12,17-19H2,1H3,(H,33,39)(H,34,36)/b9-5-/t20-,23+,25+,26+,31-/m1/s1. The fourth-order valence-corrected chi connectivity index (χ4v) is 7.58. The summed E-state index contributed by atoms with van der Waals surface area (Å²) in [5, 5.41) is 5.53. The number of carbonyl (C=O) groups is 4. The zero-order chi connectivity index (χ0) is 32.2. The van der Waals surface area contributed by atoms with Gasteiger partial charge in [0.1, 0.15) is 31.6 Å². The molecule has 2 radical (unpaired) electrons. The van der Waals surface area contributed by atoms with Crippen LogP contribution in [-0.2, 0) is 38.2 Å². The highest BCUT2D eigenvalue weighted by atomic mass is 32.2. The minimum atomic E-state index is -4.27. The van der Waals surface area contributed by atoms with Crippen LogP contribution in [0.3, 0.4) is 0 Å². The smallest absolute Gasteiger partial charge is 0.408 e. The lowest BCUT2D eigenvalue weighted by Crippen LogP contribution is -2.56. The number of methoxy groups -OCH3 is 1. The van der Waals surface area contributed by atoms with Crippen LogP contribution in [0.2, 0.25) is 0 Å². The number of hydrogen-bond acceptors (Lipinski definition) is 9. The summed E-state index contributed by atoms with van der Waals surface area (Å²) in [6.07, 6.45) is 8.85. The molecule has 1 saturated heterocycles. The van der Waals surface area contributed by atoms with Gasteiger partial charge in [0.05, 0.1) is 18.1 Å². The third-order valence-corrected chi connectivity index (χ3v) is 10.5. The number of fused-ring (bicyclic) bond motifs is 2. The average molecular weight is 642 g/mol. The number of amides is 3. The van der Waals surface area contributed by atoms with E-state index in [4.69, 9.17) is 21.5 Å². The Labute approximate surface area is 265 Å². The fourth-order valence-electron chi connectivity index (χ4n) is 6.50. The maximum atomic E-state index is 14.1. The number of benzene rings is 1. The number of esters is 1. The van der Waals surface area contributed by atoms with Crippen LogP contribution in [0.25, 0.3) is 0 Å². The van der Waals surface area contributed by atoms with Crippen LogP contribution in [0.1, 0.15) is 70.6 Å². The Morgan fingerprint density at radius 3 is 2.44 bits per heavy atom. The van der Waals surface area contributed by atoms with Crippen LogP contribution in [0, 0.1) is 5.92 Å². The summed E-state index contributed by atoms with van der Waals surface area (Å²) in [6, 6.07) is 3.31. The molecule has 0 aromatic heterocycles. The summed E-state index contributed by atoms with van der Waals surface area (Å²) < 4.78 is 42.4. The van der Waals surface area contributed by atoms with Gasteiger partial charge in [0.15, 0.2) is 0 Å². The molecule has 2 saturated carbocycles. The summed E-state index contributed by atoms with van der Waals surface area (Å²) in [5.74, 6) is -2.06. The molecule has 2 aliphatic carbocycles. The van der Waals surface area contributed by atoms with Gasteiger partial charge >= 0.3 is 12.1 Å². The van der Waals surface area contributed by atoms with Crippen molar-refractivity contribution in [2.24, 2.45) is 5.92 Å². The second-order valence-electron chi connectivity index (χ2n) is 12.3. The Morgan fingerprint density at radius 1 is 1.02 bits per heavy atom. The van der Waals surface area contributed by atoms with Gasteiger partial charge in [-0.15, -0.1) is 0 Å². The van der Waals surface area contributed by atoms with Crippen molar-refractivity contribution in [1.82, 2.24) is 15.5 Å². The molecule has 2 heterocycles. The number of alkyl carbamates (subject to hydrolysis) is 1. The number of allylic oxidation sites excluding steroid dienone is 1. The first-order valence-corrected chi connectivity index (χ1v) is 17.1.